The van der Waals surface area contributed by atoms with Crippen LogP contribution in [0.1, 0.15) is 39.5 Å². The van der Waals surface area contributed by atoms with Crippen molar-refractivity contribution in [3.8, 4) is 0 Å². The van der Waals surface area contributed by atoms with Crippen LogP contribution in [0.2, 0.25) is 0 Å². The van der Waals surface area contributed by atoms with E-state index in [1.54, 1.807) is 6.20 Å². The minimum atomic E-state index is -0.494. The van der Waals surface area contributed by atoms with Gasteiger partial charge in [-0.3, -0.25) is 4.68 Å². The molecule has 1 rings (SSSR count). The summed E-state index contributed by atoms with van der Waals surface area (Å²) in [4.78, 5) is 0. The lowest BCUT2D eigenvalue weighted by Crippen LogP contribution is -2.38. The molecule has 1 atom stereocenters. The van der Waals surface area contributed by atoms with Gasteiger partial charge in [-0.25, -0.2) is 0 Å². The molecular formula is C11H21N3O. The fraction of sp³-hybridized carbons (Fsp3) is 0.727. The van der Waals surface area contributed by atoms with Gasteiger partial charge in [-0.15, -0.1) is 0 Å². The first-order valence-electron chi connectivity index (χ1n) is 5.39. The van der Waals surface area contributed by atoms with E-state index in [9.17, 15) is 5.11 Å². The van der Waals surface area contributed by atoms with Gasteiger partial charge in [0.1, 0.15) is 6.10 Å². The highest BCUT2D eigenvalue weighted by molar-refractivity contribution is 5.05. The summed E-state index contributed by atoms with van der Waals surface area (Å²) in [6.07, 6.45) is 1.23. The normalized spacial score (nSPS) is 14.2. The van der Waals surface area contributed by atoms with Crippen LogP contribution in [0.5, 0.6) is 0 Å². The molecule has 1 unspecified atom stereocenters. The van der Waals surface area contributed by atoms with E-state index >= 15 is 0 Å². The van der Waals surface area contributed by atoms with Gasteiger partial charge >= 0.3 is 0 Å². The van der Waals surface area contributed by atoms with Crippen LogP contribution in [-0.4, -0.2) is 27.0 Å². The minimum absolute atomic E-state index is 0.0258. The van der Waals surface area contributed by atoms with Crippen molar-refractivity contribution in [1.29, 1.82) is 0 Å². The second kappa shape index (κ2) is 4.77. The van der Waals surface area contributed by atoms with Crippen LogP contribution in [0.15, 0.2) is 12.3 Å². The second-order valence-corrected chi connectivity index (χ2v) is 4.72. The molecule has 0 saturated carbocycles. The molecule has 0 fully saturated rings. The van der Waals surface area contributed by atoms with Gasteiger partial charge < -0.3 is 10.4 Å². The summed E-state index contributed by atoms with van der Waals surface area (Å²) < 4.78 is 1.81. The molecule has 0 aliphatic heterocycles. The summed E-state index contributed by atoms with van der Waals surface area (Å²) >= 11 is 0. The number of β-amino-alcohol motifs (C(OH)–C–C–N with tert-alkyl or cyclic N) is 1. The van der Waals surface area contributed by atoms with Gasteiger partial charge in [0.25, 0.3) is 0 Å². The van der Waals surface area contributed by atoms with E-state index in [2.05, 4.69) is 31.2 Å². The Morgan fingerprint density at radius 2 is 2.20 bits per heavy atom. The number of nitrogens with zero attached hydrogens (tertiary/aromatic N) is 2. The highest BCUT2D eigenvalue weighted by Gasteiger charge is 2.15. The van der Waals surface area contributed by atoms with Crippen LogP contribution in [0.25, 0.3) is 0 Å². The fourth-order valence-electron chi connectivity index (χ4n) is 1.40. The highest BCUT2D eigenvalue weighted by Crippen LogP contribution is 2.12. The third-order valence-corrected chi connectivity index (χ3v) is 2.22. The van der Waals surface area contributed by atoms with E-state index in [4.69, 9.17) is 0 Å². The molecule has 86 valence electrons. The lowest BCUT2D eigenvalue weighted by atomic mass is 10.1. The SMILES string of the molecule is CCn1nccc1C(O)CNC(C)(C)C. The van der Waals surface area contributed by atoms with E-state index in [-0.39, 0.29) is 5.54 Å². The molecule has 0 spiro atoms. The lowest BCUT2D eigenvalue weighted by molar-refractivity contribution is 0.153. The maximum absolute atomic E-state index is 9.96. The molecule has 15 heavy (non-hydrogen) atoms. The Kier molecular flexibility index (Phi) is 3.88. The molecular weight excluding hydrogens is 190 g/mol. The van der Waals surface area contributed by atoms with Crippen LogP contribution in [-0.2, 0) is 6.54 Å². The first kappa shape index (κ1) is 12.2. The molecule has 0 radical (unpaired) electrons. The Hall–Kier alpha value is -0.870. The molecule has 2 N–H and O–H groups in total. The summed E-state index contributed by atoms with van der Waals surface area (Å²) in [5.74, 6) is 0. The number of aliphatic hydroxyl groups excluding tert-OH is 1. The highest BCUT2D eigenvalue weighted by atomic mass is 16.3. The molecule has 0 aliphatic carbocycles. The monoisotopic (exact) mass is 211 g/mol. The Morgan fingerprint density at radius 3 is 2.73 bits per heavy atom. The summed E-state index contributed by atoms with van der Waals surface area (Å²) in [6.45, 7) is 9.59. The standard InChI is InChI=1S/C11H21N3O/c1-5-14-9(6-7-13-14)10(15)8-12-11(2,3)4/h6-7,10,12,15H,5,8H2,1-4H3. The largest absolute Gasteiger partial charge is 0.385 e. The lowest BCUT2D eigenvalue weighted by Gasteiger charge is -2.23. The molecule has 1 heterocycles. The van der Waals surface area contributed by atoms with Crippen LogP contribution in [0, 0.1) is 0 Å². The van der Waals surface area contributed by atoms with Gasteiger partial charge in [-0.1, -0.05) is 0 Å². The minimum Gasteiger partial charge on any atom is -0.385 e. The van der Waals surface area contributed by atoms with Gasteiger partial charge in [0.05, 0.1) is 5.69 Å². The van der Waals surface area contributed by atoms with Gasteiger partial charge in [0.15, 0.2) is 0 Å². The molecule has 0 aliphatic rings. The van der Waals surface area contributed by atoms with E-state index in [0.29, 0.717) is 6.54 Å². The molecule has 4 nitrogen and oxygen atoms in total. The summed E-state index contributed by atoms with van der Waals surface area (Å²) in [5, 5.41) is 17.4. The van der Waals surface area contributed by atoms with Crippen molar-refractivity contribution in [3.05, 3.63) is 18.0 Å². The van der Waals surface area contributed by atoms with Gasteiger partial charge in [-0.2, -0.15) is 5.10 Å². The van der Waals surface area contributed by atoms with Crippen LogP contribution >= 0.6 is 0 Å². The zero-order valence-corrected chi connectivity index (χ0v) is 9.99. The summed E-state index contributed by atoms with van der Waals surface area (Å²) in [7, 11) is 0. The zero-order chi connectivity index (χ0) is 11.5. The number of hydrogen-bond donors (Lipinski definition) is 2. The zero-order valence-electron chi connectivity index (χ0n) is 9.99. The quantitative estimate of drug-likeness (QED) is 0.790. The molecule has 1 aromatic heterocycles. The average molecular weight is 211 g/mol. The van der Waals surface area contributed by atoms with Crippen molar-refractivity contribution < 1.29 is 5.11 Å². The van der Waals surface area contributed by atoms with E-state index in [1.165, 1.54) is 0 Å². The Labute approximate surface area is 91.3 Å². The van der Waals surface area contributed by atoms with Gasteiger partial charge in [-0.05, 0) is 33.8 Å². The fourth-order valence-corrected chi connectivity index (χ4v) is 1.40. The number of nitrogens with one attached hydrogen (secondary N) is 1. The maximum Gasteiger partial charge on any atom is 0.108 e. The van der Waals surface area contributed by atoms with Crippen molar-refractivity contribution in [2.75, 3.05) is 6.54 Å². The van der Waals surface area contributed by atoms with Crippen molar-refractivity contribution in [2.24, 2.45) is 0 Å². The van der Waals surface area contributed by atoms with Crippen molar-refractivity contribution in [1.82, 2.24) is 15.1 Å². The predicted molar refractivity (Wildman–Crippen MR) is 60.6 cm³/mol. The van der Waals surface area contributed by atoms with Crippen LogP contribution in [0.4, 0.5) is 0 Å². The Bertz CT molecular complexity index is 301. The van der Waals surface area contributed by atoms with E-state index < -0.39 is 6.10 Å². The smallest absolute Gasteiger partial charge is 0.108 e. The molecule has 0 saturated heterocycles. The van der Waals surface area contributed by atoms with E-state index in [0.717, 1.165) is 12.2 Å². The first-order valence-corrected chi connectivity index (χ1v) is 5.39. The average Bonchev–Trinajstić information content (AvgIpc) is 2.60. The third kappa shape index (κ3) is 3.64. The topological polar surface area (TPSA) is 50.1 Å². The molecule has 1 aromatic rings. The Morgan fingerprint density at radius 1 is 1.53 bits per heavy atom. The first-order chi connectivity index (χ1) is 6.94. The van der Waals surface area contributed by atoms with Crippen LogP contribution in [0.3, 0.4) is 0 Å². The molecule has 4 heteroatoms. The number of aliphatic hydroxyl groups is 1. The van der Waals surface area contributed by atoms with Gasteiger partial charge in [0.2, 0.25) is 0 Å². The van der Waals surface area contributed by atoms with Gasteiger partial charge in [0, 0.05) is 24.8 Å². The van der Waals surface area contributed by atoms with Crippen molar-refractivity contribution >= 4 is 0 Å². The number of aromatic nitrogens is 2. The Balaban J connectivity index is 2.57. The molecule has 0 aromatic carbocycles. The van der Waals surface area contributed by atoms with Crippen molar-refractivity contribution in [3.63, 3.8) is 0 Å². The second-order valence-electron chi connectivity index (χ2n) is 4.72. The maximum atomic E-state index is 9.96. The molecule has 0 bridgehead atoms. The summed E-state index contributed by atoms with van der Waals surface area (Å²) in [6, 6.07) is 1.86. The number of hydrogen-bond acceptors (Lipinski definition) is 3. The summed E-state index contributed by atoms with van der Waals surface area (Å²) in [5.41, 5.74) is 0.896. The van der Waals surface area contributed by atoms with Crippen molar-refractivity contribution in [2.45, 2.75) is 45.9 Å². The number of rotatable bonds is 4. The predicted octanol–water partition coefficient (Wildman–Crippen LogP) is 1.32. The molecule has 0 amide bonds. The third-order valence-electron chi connectivity index (χ3n) is 2.22. The van der Waals surface area contributed by atoms with Crippen LogP contribution < -0.4 is 5.32 Å². The van der Waals surface area contributed by atoms with E-state index in [1.807, 2.05) is 17.7 Å². The number of aryl methyl sites for hydroxylation is 1.